The first kappa shape index (κ1) is 19.3. The van der Waals surface area contributed by atoms with Gasteiger partial charge in [0.15, 0.2) is 0 Å². The molecule has 0 unspecified atom stereocenters. The summed E-state index contributed by atoms with van der Waals surface area (Å²) in [7, 11) is 0. The standard InChI is InChI=1S/C20H28N4O3/c1-20(2,3)27-19(25)23-15-11-16(12-15)26-18-17(5-4-8-22-18)24-9-6-14(13-21)7-10-24/h4-5,8,14-16H,6-7,9-12H2,1-3H3,(H,23,25)/t15-,16+. The molecule has 1 aliphatic heterocycles. The van der Waals surface area contributed by atoms with Crippen LogP contribution in [-0.4, -0.2) is 41.9 Å². The molecule has 2 heterocycles. The summed E-state index contributed by atoms with van der Waals surface area (Å²) >= 11 is 0. The van der Waals surface area contributed by atoms with Crippen molar-refractivity contribution in [1.82, 2.24) is 10.3 Å². The van der Waals surface area contributed by atoms with E-state index in [2.05, 4.69) is 21.3 Å². The van der Waals surface area contributed by atoms with Crippen molar-refractivity contribution in [3.8, 4) is 11.9 Å². The van der Waals surface area contributed by atoms with Crippen LogP contribution in [0.15, 0.2) is 18.3 Å². The van der Waals surface area contributed by atoms with E-state index in [1.165, 1.54) is 0 Å². The minimum absolute atomic E-state index is 0.0373. The largest absolute Gasteiger partial charge is 0.473 e. The molecule has 1 aromatic heterocycles. The van der Waals surface area contributed by atoms with Gasteiger partial charge in [0, 0.05) is 44.1 Å². The lowest BCUT2D eigenvalue weighted by molar-refractivity contribution is 0.0355. The van der Waals surface area contributed by atoms with E-state index in [4.69, 9.17) is 14.7 Å². The number of nitrogens with zero attached hydrogens (tertiary/aromatic N) is 3. The molecule has 0 radical (unpaired) electrons. The summed E-state index contributed by atoms with van der Waals surface area (Å²) in [5, 5.41) is 11.9. The molecule has 0 spiro atoms. The molecular weight excluding hydrogens is 344 g/mol. The highest BCUT2D eigenvalue weighted by Gasteiger charge is 2.34. The van der Waals surface area contributed by atoms with E-state index in [1.807, 2.05) is 32.9 Å². The van der Waals surface area contributed by atoms with Gasteiger partial charge in [0.05, 0.1) is 11.8 Å². The average molecular weight is 372 g/mol. The molecule has 27 heavy (non-hydrogen) atoms. The van der Waals surface area contributed by atoms with Crippen molar-refractivity contribution in [3.63, 3.8) is 0 Å². The fourth-order valence-corrected chi connectivity index (χ4v) is 3.38. The van der Waals surface area contributed by atoms with Gasteiger partial charge in [-0.1, -0.05) is 0 Å². The minimum Gasteiger partial charge on any atom is -0.473 e. The number of alkyl carbamates (subject to hydrolysis) is 1. The predicted molar refractivity (Wildman–Crippen MR) is 102 cm³/mol. The zero-order valence-corrected chi connectivity index (χ0v) is 16.3. The summed E-state index contributed by atoms with van der Waals surface area (Å²) in [5.41, 5.74) is 0.489. The van der Waals surface area contributed by atoms with Crippen LogP contribution < -0.4 is 15.0 Å². The number of ether oxygens (including phenoxy) is 2. The monoisotopic (exact) mass is 372 g/mol. The Labute approximate surface area is 160 Å². The fourth-order valence-electron chi connectivity index (χ4n) is 3.38. The van der Waals surface area contributed by atoms with Crippen molar-refractivity contribution in [2.75, 3.05) is 18.0 Å². The number of aromatic nitrogens is 1. The topological polar surface area (TPSA) is 87.5 Å². The number of nitriles is 1. The third-order valence-electron chi connectivity index (χ3n) is 4.86. The van der Waals surface area contributed by atoms with Gasteiger partial charge in [-0.15, -0.1) is 0 Å². The number of nitrogens with one attached hydrogen (secondary N) is 1. The van der Waals surface area contributed by atoms with Crippen LogP contribution in [0.3, 0.4) is 0 Å². The minimum atomic E-state index is -0.494. The van der Waals surface area contributed by atoms with Gasteiger partial charge in [-0.25, -0.2) is 9.78 Å². The van der Waals surface area contributed by atoms with Crippen molar-refractivity contribution >= 4 is 11.8 Å². The zero-order valence-electron chi connectivity index (χ0n) is 16.3. The zero-order chi connectivity index (χ0) is 19.4. The number of hydrogen-bond donors (Lipinski definition) is 1. The summed E-state index contributed by atoms with van der Waals surface area (Å²) < 4.78 is 11.4. The number of amides is 1. The van der Waals surface area contributed by atoms with E-state index >= 15 is 0 Å². The third-order valence-corrected chi connectivity index (χ3v) is 4.86. The van der Waals surface area contributed by atoms with Crippen LogP contribution in [-0.2, 0) is 4.74 Å². The number of carbonyl (C=O) groups is 1. The Morgan fingerprint density at radius 3 is 2.67 bits per heavy atom. The van der Waals surface area contributed by atoms with Crippen molar-refractivity contribution in [2.45, 2.75) is 64.2 Å². The van der Waals surface area contributed by atoms with Crippen molar-refractivity contribution < 1.29 is 14.3 Å². The van der Waals surface area contributed by atoms with Crippen LogP contribution in [0.1, 0.15) is 46.5 Å². The first-order valence-electron chi connectivity index (χ1n) is 9.60. The van der Waals surface area contributed by atoms with Gasteiger partial charge in [-0.3, -0.25) is 0 Å². The van der Waals surface area contributed by atoms with Crippen LogP contribution in [0, 0.1) is 17.2 Å². The second-order valence-electron chi connectivity index (χ2n) is 8.27. The highest BCUT2D eigenvalue weighted by atomic mass is 16.6. The van der Waals surface area contributed by atoms with Crippen molar-refractivity contribution in [1.29, 1.82) is 5.26 Å². The Balaban J connectivity index is 1.50. The summed E-state index contributed by atoms with van der Waals surface area (Å²) in [6.45, 7) is 7.23. The van der Waals surface area contributed by atoms with Crippen molar-refractivity contribution in [2.24, 2.45) is 5.92 Å². The molecule has 1 saturated heterocycles. The van der Waals surface area contributed by atoms with Gasteiger partial charge in [-0.2, -0.15) is 5.26 Å². The Hall–Kier alpha value is -2.49. The Kier molecular flexibility index (Phi) is 5.73. The Bertz CT molecular complexity index is 696. The highest BCUT2D eigenvalue weighted by molar-refractivity contribution is 5.68. The molecule has 2 fully saturated rings. The lowest BCUT2D eigenvalue weighted by Crippen LogP contribution is -2.50. The maximum atomic E-state index is 11.8. The van der Waals surface area contributed by atoms with E-state index in [0.717, 1.165) is 44.5 Å². The Morgan fingerprint density at radius 2 is 2.04 bits per heavy atom. The third kappa shape index (κ3) is 5.25. The first-order valence-corrected chi connectivity index (χ1v) is 9.60. The number of carbonyl (C=O) groups excluding carboxylic acids is 1. The molecule has 7 heteroatoms. The molecule has 2 aliphatic rings. The summed E-state index contributed by atoms with van der Waals surface area (Å²) in [5.74, 6) is 0.780. The molecule has 1 amide bonds. The van der Waals surface area contributed by atoms with E-state index in [0.29, 0.717) is 5.88 Å². The number of piperidine rings is 1. The summed E-state index contributed by atoms with van der Waals surface area (Å²) in [6, 6.07) is 6.36. The molecule has 3 rings (SSSR count). The van der Waals surface area contributed by atoms with Crippen LogP contribution in [0.2, 0.25) is 0 Å². The predicted octanol–water partition coefficient (Wildman–Crippen LogP) is 3.26. The SMILES string of the molecule is CC(C)(C)OC(=O)N[C@H]1C[C@@H](Oc2ncccc2N2CCC(C#N)CC2)C1. The molecule has 0 bridgehead atoms. The van der Waals surface area contributed by atoms with Crippen LogP contribution in [0.5, 0.6) is 5.88 Å². The van der Waals surface area contributed by atoms with Gasteiger partial charge in [0.2, 0.25) is 5.88 Å². The van der Waals surface area contributed by atoms with Crippen molar-refractivity contribution in [3.05, 3.63) is 18.3 Å². The molecule has 146 valence electrons. The molecule has 1 aromatic rings. The van der Waals surface area contributed by atoms with Crippen LogP contribution >= 0.6 is 0 Å². The molecule has 0 aromatic carbocycles. The molecule has 7 nitrogen and oxygen atoms in total. The van der Waals surface area contributed by atoms with Gasteiger partial charge >= 0.3 is 6.09 Å². The molecule has 1 aliphatic carbocycles. The van der Waals surface area contributed by atoms with E-state index < -0.39 is 5.60 Å². The molecular formula is C20H28N4O3. The first-order chi connectivity index (χ1) is 12.8. The van der Waals surface area contributed by atoms with Crippen LogP contribution in [0.4, 0.5) is 10.5 Å². The normalized spacial score (nSPS) is 23.1. The molecule has 0 atom stereocenters. The van der Waals surface area contributed by atoms with Gasteiger partial charge in [-0.05, 0) is 45.7 Å². The lowest BCUT2D eigenvalue weighted by atomic mass is 9.89. The van der Waals surface area contributed by atoms with Crippen LogP contribution in [0.25, 0.3) is 0 Å². The maximum absolute atomic E-state index is 11.8. The van der Waals surface area contributed by atoms with Gasteiger partial charge in [0.1, 0.15) is 11.7 Å². The highest BCUT2D eigenvalue weighted by Crippen LogP contribution is 2.33. The fraction of sp³-hybridized carbons (Fsp3) is 0.650. The smallest absolute Gasteiger partial charge is 0.407 e. The summed E-state index contributed by atoms with van der Waals surface area (Å²) in [6.07, 6.45) is 4.61. The number of rotatable bonds is 4. The summed E-state index contributed by atoms with van der Waals surface area (Å²) in [4.78, 5) is 18.5. The number of anilines is 1. The second kappa shape index (κ2) is 8.03. The van der Waals surface area contributed by atoms with Gasteiger partial charge < -0.3 is 19.7 Å². The maximum Gasteiger partial charge on any atom is 0.407 e. The van der Waals surface area contributed by atoms with E-state index in [-0.39, 0.29) is 24.2 Å². The Morgan fingerprint density at radius 1 is 1.33 bits per heavy atom. The second-order valence-corrected chi connectivity index (χ2v) is 8.27. The number of hydrogen-bond acceptors (Lipinski definition) is 6. The lowest BCUT2D eigenvalue weighted by Gasteiger charge is -2.37. The van der Waals surface area contributed by atoms with E-state index in [1.54, 1.807) is 6.20 Å². The number of pyridine rings is 1. The molecule has 1 saturated carbocycles. The van der Waals surface area contributed by atoms with E-state index in [9.17, 15) is 4.79 Å². The average Bonchev–Trinajstić information content (AvgIpc) is 2.59. The molecule has 1 N–H and O–H groups in total. The quantitative estimate of drug-likeness (QED) is 0.873. The van der Waals surface area contributed by atoms with Gasteiger partial charge in [0.25, 0.3) is 0 Å².